The molecule has 1 aliphatic rings. The summed E-state index contributed by atoms with van der Waals surface area (Å²) in [7, 11) is 0. The molecule has 0 unspecified atom stereocenters. The monoisotopic (exact) mass is 468 g/mol. The molecule has 0 radical (unpaired) electrons. The van der Waals surface area contributed by atoms with Gasteiger partial charge in [0.2, 0.25) is 6.61 Å². The van der Waals surface area contributed by atoms with Gasteiger partial charge in [0.15, 0.2) is 0 Å². The zero-order chi connectivity index (χ0) is 23.7. The van der Waals surface area contributed by atoms with Crippen molar-refractivity contribution in [1.29, 1.82) is 0 Å². The van der Waals surface area contributed by atoms with Gasteiger partial charge in [-0.15, -0.1) is 11.8 Å². The van der Waals surface area contributed by atoms with Gasteiger partial charge in [-0.05, 0) is 43.4 Å². The molecule has 1 heterocycles. The summed E-state index contributed by atoms with van der Waals surface area (Å²) in [6.07, 6.45) is 3.82. The maximum absolute atomic E-state index is 12.2. The van der Waals surface area contributed by atoms with E-state index in [9.17, 15) is 4.79 Å². The fraction of sp³-hybridized carbons (Fsp3) is 0.385. The van der Waals surface area contributed by atoms with Crippen LogP contribution < -0.4 is 0 Å². The van der Waals surface area contributed by atoms with Crippen LogP contribution in [0.3, 0.4) is 0 Å². The number of carbonyl (C=O) groups is 1. The number of hydrogen-bond acceptors (Lipinski definition) is 7. The van der Waals surface area contributed by atoms with Crippen LogP contribution in [0.2, 0.25) is 0 Å². The fourth-order valence-electron chi connectivity index (χ4n) is 3.64. The second-order valence-electron chi connectivity index (χ2n) is 8.21. The molecule has 1 saturated heterocycles. The van der Waals surface area contributed by atoms with E-state index >= 15 is 0 Å². The number of carbonyl (C=O) groups excluding carboxylic acids is 1. The standard InChI is InChI=1S/C26H32N2O4S/c1-5-20-6-8-21(9-7-20)18-31-24(29)19-32-27-25(22-10-12-23(33-4)13-11-22)26(2,3)28-14-16-30-17-15-28/h5-13H,1,14-19H2,2-4H3/b27-25-. The van der Waals surface area contributed by atoms with Crippen molar-refractivity contribution in [2.75, 3.05) is 39.2 Å². The summed E-state index contributed by atoms with van der Waals surface area (Å²) in [6, 6.07) is 15.9. The van der Waals surface area contributed by atoms with Gasteiger partial charge in [0.1, 0.15) is 12.3 Å². The van der Waals surface area contributed by atoms with Crippen LogP contribution >= 0.6 is 11.8 Å². The highest BCUT2D eigenvalue weighted by Gasteiger charge is 2.35. The third-order valence-corrected chi connectivity index (χ3v) is 6.44. The van der Waals surface area contributed by atoms with E-state index in [1.165, 1.54) is 4.90 Å². The number of hydrogen-bond donors (Lipinski definition) is 0. The first-order chi connectivity index (χ1) is 15.9. The molecular weight excluding hydrogens is 436 g/mol. The number of thioether (sulfide) groups is 1. The van der Waals surface area contributed by atoms with Gasteiger partial charge in [0.25, 0.3) is 0 Å². The molecule has 176 valence electrons. The maximum atomic E-state index is 12.2. The van der Waals surface area contributed by atoms with E-state index in [0.29, 0.717) is 13.2 Å². The normalized spacial score (nSPS) is 15.2. The predicted molar refractivity (Wildman–Crippen MR) is 134 cm³/mol. The Kier molecular flexibility index (Phi) is 9.11. The van der Waals surface area contributed by atoms with Crippen LogP contribution in [0.5, 0.6) is 0 Å². The molecular formula is C26H32N2O4S. The van der Waals surface area contributed by atoms with Crippen molar-refractivity contribution in [3.05, 3.63) is 71.8 Å². The Hall–Kier alpha value is -2.61. The summed E-state index contributed by atoms with van der Waals surface area (Å²) in [5, 5.41) is 4.43. The van der Waals surface area contributed by atoms with Crippen molar-refractivity contribution >= 4 is 29.5 Å². The Morgan fingerprint density at radius 3 is 2.42 bits per heavy atom. The number of rotatable bonds is 10. The predicted octanol–water partition coefficient (Wildman–Crippen LogP) is 4.63. The first-order valence-electron chi connectivity index (χ1n) is 11.0. The SMILES string of the molecule is C=Cc1ccc(COC(=O)CO/N=C(/c2ccc(SC)cc2)C(C)(C)N2CCOCC2)cc1. The van der Waals surface area contributed by atoms with Crippen LogP contribution in [0.15, 0.2) is 65.2 Å². The highest BCUT2D eigenvalue weighted by molar-refractivity contribution is 7.98. The van der Waals surface area contributed by atoms with Crippen LogP contribution in [0, 0.1) is 0 Å². The maximum Gasteiger partial charge on any atom is 0.347 e. The highest BCUT2D eigenvalue weighted by Crippen LogP contribution is 2.25. The first kappa shape index (κ1) is 25.0. The molecule has 33 heavy (non-hydrogen) atoms. The molecule has 0 amide bonds. The van der Waals surface area contributed by atoms with Crippen molar-refractivity contribution in [3.8, 4) is 0 Å². The number of esters is 1. The summed E-state index contributed by atoms with van der Waals surface area (Å²) in [5.74, 6) is -0.465. The van der Waals surface area contributed by atoms with E-state index in [1.54, 1.807) is 17.8 Å². The summed E-state index contributed by atoms with van der Waals surface area (Å²) >= 11 is 1.69. The number of nitrogens with zero attached hydrogens (tertiary/aromatic N) is 2. The molecule has 2 aromatic rings. The molecule has 0 saturated carbocycles. The number of morpholine rings is 1. The van der Waals surface area contributed by atoms with Crippen LogP contribution in [0.4, 0.5) is 0 Å². The lowest BCUT2D eigenvalue weighted by Crippen LogP contribution is -2.54. The summed E-state index contributed by atoms with van der Waals surface area (Å²) in [4.78, 5) is 21.2. The van der Waals surface area contributed by atoms with Gasteiger partial charge in [-0.3, -0.25) is 4.90 Å². The molecule has 0 aliphatic carbocycles. The molecule has 0 N–H and O–H groups in total. The van der Waals surface area contributed by atoms with Gasteiger partial charge in [-0.1, -0.05) is 54.2 Å². The lowest BCUT2D eigenvalue weighted by Gasteiger charge is -2.41. The molecule has 3 rings (SSSR count). The second kappa shape index (κ2) is 12.0. The van der Waals surface area contributed by atoms with Crippen molar-refractivity contribution < 1.29 is 19.1 Å². The van der Waals surface area contributed by atoms with Crippen molar-refractivity contribution in [1.82, 2.24) is 4.90 Å². The summed E-state index contributed by atoms with van der Waals surface area (Å²) in [6.45, 7) is 10.9. The Morgan fingerprint density at radius 1 is 1.15 bits per heavy atom. The Morgan fingerprint density at radius 2 is 1.82 bits per heavy atom. The van der Waals surface area contributed by atoms with E-state index < -0.39 is 11.5 Å². The zero-order valence-corrected chi connectivity index (χ0v) is 20.4. The third kappa shape index (κ3) is 6.93. The van der Waals surface area contributed by atoms with Gasteiger partial charge >= 0.3 is 5.97 Å². The number of ether oxygens (including phenoxy) is 2. The minimum atomic E-state index is -0.465. The molecule has 2 aromatic carbocycles. The lowest BCUT2D eigenvalue weighted by molar-refractivity contribution is -0.150. The Balaban J connectivity index is 1.67. The molecule has 0 aromatic heterocycles. The molecule has 0 atom stereocenters. The van der Waals surface area contributed by atoms with Gasteiger partial charge < -0.3 is 14.3 Å². The summed E-state index contributed by atoms with van der Waals surface area (Å²) < 4.78 is 10.9. The molecule has 1 aliphatic heterocycles. The zero-order valence-electron chi connectivity index (χ0n) is 19.6. The minimum Gasteiger partial charge on any atom is -0.458 e. The highest BCUT2D eigenvalue weighted by atomic mass is 32.2. The average molecular weight is 469 g/mol. The topological polar surface area (TPSA) is 60.4 Å². The van der Waals surface area contributed by atoms with E-state index in [1.807, 2.05) is 42.7 Å². The third-order valence-electron chi connectivity index (χ3n) is 5.70. The molecule has 0 spiro atoms. The van der Waals surface area contributed by atoms with Crippen molar-refractivity contribution in [2.45, 2.75) is 30.9 Å². The largest absolute Gasteiger partial charge is 0.458 e. The van der Waals surface area contributed by atoms with E-state index in [0.717, 1.165) is 35.5 Å². The van der Waals surface area contributed by atoms with Gasteiger partial charge in [-0.25, -0.2) is 4.79 Å². The van der Waals surface area contributed by atoms with Gasteiger partial charge in [0.05, 0.1) is 18.8 Å². The van der Waals surface area contributed by atoms with E-state index in [-0.39, 0.29) is 13.2 Å². The van der Waals surface area contributed by atoms with E-state index in [2.05, 4.69) is 42.6 Å². The fourth-order valence-corrected chi connectivity index (χ4v) is 4.05. The lowest BCUT2D eigenvalue weighted by atomic mass is 9.90. The molecule has 0 bridgehead atoms. The average Bonchev–Trinajstić information content (AvgIpc) is 2.86. The van der Waals surface area contributed by atoms with Gasteiger partial charge in [-0.2, -0.15) is 0 Å². The molecule has 1 fully saturated rings. The Labute approximate surface area is 200 Å². The quantitative estimate of drug-likeness (QED) is 0.219. The van der Waals surface area contributed by atoms with Crippen LogP contribution in [0.25, 0.3) is 6.08 Å². The van der Waals surface area contributed by atoms with E-state index in [4.69, 9.17) is 14.3 Å². The number of oxime groups is 1. The Bertz CT molecular complexity index is 949. The first-order valence-corrected chi connectivity index (χ1v) is 12.2. The van der Waals surface area contributed by atoms with Crippen molar-refractivity contribution in [3.63, 3.8) is 0 Å². The van der Waals surface area contributed by atoms with Crippen LogP contribution in [0.1, 0.15) is 30.5 Å². The van der Waals surface area contributed by atoms with Crippen LogP contribution in [-0.2, 0) is 25.7 Å². The smallest absolute Gasteiger partial charge is 0.347 e. The van der Waals surface area contributed by atoms with Crippen LogP contribution in [-0.4, -0.2) is 61.3 Å². The van der Waals surface area contributed by atoms with Crippen molar-refractivity contribution in [2.24, 2.45) is 5.16 Å². The second-order valence-corrected chi connectivity index (χ2v) is 9.09. The summed E-state index contributed by atoms with van der Waals surface area (Å²) in [5.41, 5.74) is 3.25. The number of benzene rings is 2. The van der Waals surface area contributed by atoms with Gasteiger partial charge in [0, 0.05) is 23.5 Å². The molecule has 6 nitrogen and oxygen atoms in total. The minimum absolute atomic E-state index is 0.186. The molecule has 7 heteroatoms.